The Morgan fingerprint density at radius 2 is 2.00 bits per heavy atom. The number of nitrogen functional groups attached to an aromatic ring is 1. The Morgan fingerprint density at radius 1 is 1.42 bits per heavy atom. The Hall–Kier alpha value is -1.67. The van der Waals surface area contributed by atoms with Crippen molar-refractivity contribution >= 4 is 21.6 Å². The second-order valence-electron chi connectivity index (χ2n) is 4.30. The van der Waals surface area contributed by atoms with E-state index < -0.39 is 39.2 Å². The molecule has 106 valence electrons. The van der Waals surface area contributed by atoms with Gasteiger partial charge in [0, 0.05) is 11.7 Å². The highest BCUT2D eigenvalue weighted by atomic mass is 32.2. The van der Waals surface area contributed by atoms with Gasteiger partial charge in [0.25, 0.3) is 0 Å². The average molecular weight is 289 g/mol. The van der Waals surface area contributed by atoms with Crippen LogP contribution >= 0.6 is 0 Å². The molecule has 0 fully saturated rings. The summed E-state index contributed by atoms with van der Waals surface area (Å²) in [5, 5.41) is 0. The zero-order chi connectivity index (χ0) is 14.8. The molecule has 1 aromatic carbocycles. The Kier molecular flexibility index (Phi) is 4.48. The largest absolute Gasteiger partial charge is 0.399 e. The van der Waals surface area contributed by atoms with Crippen LogP contribution in [0.1, 0.15) is 13.8 Å². The second-order valence-corrected chi connectivity index (χ2v) is 6.16. The number of carbonyl (C=O) groups is 1. The molecule has 1 amide bonds. The summed E-state index contributed by atoms with van der Waals surface area (Å²) < 4.78 is 39.1. The maximum atomic E-state index is 13.6. The lowest BCUT2D eigenvalue weighted by Gasteiger charge is -2.24. The number of amides is 1. The summed E-state index contributed by atoms with van der Waals surface area (Å²) in [5.41, 5.74) is 10.6. The van der Waals surface area contributed by atoms with Crippen molar-refractivity contribution in [2.75, 3.05) is 12.3 Å². The molecule has 0 heterocycles. The van der Waals surface area contributed by atoms with Crippen molar-refractivity contribution in [1.82, 2.24) is 4.31 Å². The minimum Gasteiger partial charge on any atom is -0.399 e. The second kappa shape index (κ2) is 5.54. The first-order valence-corrected chi connectivity index (χ1v) is 6.95. The number of nitrogens with two attached hydrogens (primary N) is 2. The van der Waals surface area contributed by atoms with Crippen molar-refractivity contribution in [2.24, 2.45) is 5.73 Å². The lowest BCUT2D eigenvalue weighted by Crippen LogP contribution is -2.42. The number of sulfonamides is 1. The van der Waals surface area contributed by atoms with Crippen LogP contribution in [0, 0.1) is 5.82 Å². The quantitative estimate of drug-likeness (QED) is 0.760. The predicted molar refractivity (Wildman–Crippen MR) is 69.0 cm³/mol. The lowest BCUT2D eigenvalue weighted by molar-refractivity contribution is -0.118. The number of primary amides is 1. The van der Waals surface area contributed by atoms with Gasteiger partial charge in [0.05, 0.1) is 6.54 Å². The van der Waals surface area contributed by atoms with Crippen LogP contribution in [0.5, 0.6) is 0 Å². The standard InChI is InChI=1S/C11H16FN3O3S/c1-7(2)15(6-11(14)16)19(17,18)10-5-8(13)3-4-9(10)12/h3-5,7H,6,13H2,1-2H3,(H2,14,16). The van der Waals surface area contributed by atoms with Crippen LogP contribution in [-0.2, 0) is 14.8 Å². The molecule has 0 aliphatic carbocycles. The van der Waals surface area contributed by atoms with Gasteiger partial charge in [-0.1, -0.05) is 0 Å². The molecular formula is C11H16FN3O3S. The summed E-state index contributed by atoms with van der Waals surface area (Å²) in [6.45, 7) is 2.60. The summed E-state index contributed by atoms with van der Waals surface area (Å²) in [5.74, 6) is -1.74. The fourth-order valence-corrected chi connectivity index (χ4v) is 3.25. The van der Waals surface area contributed by atoms with E-state index >= 15 is 0 Å². The molecule has 8 heteroatoms. The zero-order valence-electron chi connectivity index (χ0n) is 10.6. The van der Waals surface area contributed by atoms with Crippen molar-refractivity contribution in [2.45, 2.75) is 24.8 Å². The summed E-state index contributed by atoms with van der Waals surface area (Å²) in [6.07, 6.45) is 0. The maximum Gasteiger partial charge on any atom is 0.246 e. The van der Waals surface area contributed by atoms with Gasteiger partial charge in [-0.3, -0.25) is 4.79 Å². The molecule has 0 spiro atoms. The number of carbonyl (C=O) groups excluding carboxylic acids is 1. The van der Waals surface area contributed by atoms with Gasteiger partial charge < -0.3 is 11.5 Å². The Labute approximate surface area is 111 Å². The van der Waals surface area contributed by atoms with Crippen LogP contribution in [0.4, 0.5) is 10.1 Å². The lowest BCUT2D eigenvalue weighted by atomic mass is 10.3. The number of hydrogen-bond acceptors (Lipinski definition) is 4. The van der Waals surface area contributed by atoms with E-state index in [9.17, 15) is 17.6 Å². The molecule has 0 aliphatic heterocycles. The van der Waals surface area contributed by atoms with E-state index in [2.05, 4.69) is 0 Å². The van der Waals surface area contributed by atoms with Crippen molar-refractivity contribution in [3.8, 4) is 0 Å². The Balaban J connectivity index is 3.34. The van der Waals surface area contributed by atoms with E-state index in [4.69, 9.17) is 11.5 Å². The number of nitrogens with zero attached hydrogens (tertiary/aromatic N) is 1. The SMILES string of the molecule is CC(C)N(CC(N)=O)S(=O)(=O)c1cc(N)ccc1F. The van der Waals surface area contributed by atoms with Crippen molar-refractivity contribution in [1.29, 1.82) is 0 Å². The van der Waals surface area contributed by atoms with Crippen LogP contribution in [0.2, 0.25) is 0 Å². The van der Waals surface area contributed by atoms with Crippen LogP contribution < -0.4 is 11.5 Å². The normalized spacial score (nSPS) is 12.1. The van der Waals surface area contributed by atoms with Gasteiger partial charge in [0.15, 0.2) is 0 Å². The fraction of sp³-hybridized carbons (Fsp3) is 0.364. The molecule has 0 saturated carbocycles. The summed E-state index contributed by atoms with van der Waals surface area (Å²) in [7, 11) is -4.17. The fourth-order valence-electron chi connectivity index (χ4n) is 1.54. The summed E-state index contributed by atoms with van der Waals surface area (Å²) in [6, 6.07) is 2.69. The monoisotopic (exact) mass is 289 g/mol. The van der Waals surface area contributed by atoms with Crippen molar-refractivity contribution in [3.05, 3.63) is 24.0 Å². The molecule has 4 N–H and O–H groups in total. The van der Waals surface area contributed by atoms with E-state index in [0.29, 0.717) is 0 Å². The molecule has 0 unspecified atom stereocenters. The van der Waals surface area contributed by atoms with Gasteiger partial charge in [-0.05, 0) is 32.0 Å². The molecule has 0 aliphatic rings. The summed E-state index contributed by atoms with van der Waals surface area (Å²) >= 11 is 0. The van der Waals surface area contributed by atoms with Crippen LogP contribution in [0.25, 0.3) is 0 Å². The smallest absolute Gasteiger partial charge is 0.246 e. The third kappa shape index (κ3) is 3.42. The van der Waals surface area contributed by atoms with Gasteiger partial charge >= 0.3 is 0 Å². The number of benzene rings is 1. The molecule has 0 bridgehead atoms. The molecule has 6 nitrogen and oxygen atoms in total. The average Bonchev–Trinajstić information content (AvgIpc) is 2.28. The molecule has 0 atom stereocenters. The van der Waals surface area contributed by atoms with Crippen molar-refractivity contribution in [3.63, 3.8) is 0 Å². The molecule has 0 radical (unpaired) electrons. The minimum atomic E-state index is -4.17. The number of halogens is 1. The number of hydrogen-bond donors (Lipinski definition) is 2. The Bertz CT molecular complexity index is 587. The molecule has 1 aromatic rings. The van der Waals surface area contributed by atoms with E-state index in [1.165, 1.54) is 6.07 Å². The van der Waals surface area contributed by atoms with Crippen LogP contribution in [0.15, 0.2) is 23.1 Å². The Morgan fingerprint density at radius 3 is 2.47 bits per heavy atom. The van der Waals surface area contributed by atoms with E-state index in [1.54, 1.807) is 13.8 Å². The van der Waals surface area contributed by atoms with Gasteiger partial charge in [0.1, 0.15) is 10.7 Å². The van der Waals surface area contributed by atoms with E-state index in [-0.39, 0.29) is 5.69 Å². The van der Waals surface area contributed by atoms with E-state index in [1.807, 2.05) is 0 Å². The van der Waals surface area contributed by atoms with Crippen molar-refractivity contribution < 1.29 is 17.6 Å². The highest BCUT2D eigenvalue weighted by Gasteiger charge is 2.30. The van der Waals surface area contributed by atoms with Crippen LogP contribution in [0.3, 0.4) is 0 Å². The number of rotatable bonds is 5. The van der Waals surface area contributed by atoms with E-state index in [0.717, 1.165) is 16.4 Å². The van der Waals surface area contributed by atoms with Gasteiger partial charge in [-0.2, -0.15) is 4.31 Å². The first-order valence-electron chi connectivity index (χ1n) is 5.51. The first kappa shape index (κ1) is 15.4. The molecule has 0 aromatic heterocycles. The molecule has 19 heavy (non-hydrogen) atoms. The number of anilines is 1. The molecule has 0 saturated heterocycles. The highest BCUT2D eigenvalue weighted by molar-refractivity contribution is 7.89. The molecule has 1 rings (SSSR count). The summed E-state index contributed by atoms with van der Waals surface area (Å²) in [4.78, 5) is 10.4. The minimum absolute atomic E-state index is 0.114. The van der Waals surface area contributed by atoms with Gasteiger partial charge in [-0.25, -0.2) is 12.8 Å². The zero-order valence-corrected chi connectivity index (χ0v) is 11.4. The molecular weight excluding hydrogens is 273 g/mol. The highest BCUT2D eigenvalue weighted by Crippen LogP contribution is 2.23. The topological polar surface area (TPSA) is 106 Å². The third-order valence-corrected chi connectivity index (χ3v) is 4.47. The van der Waals surface area contributed by atoms with Crippen LogP contribution in [-0.4, -0.2) is 31.2 Å². The maximum absolute atomic E-state index is 13.6. The third-order valence-electron chi connectivity index (χ3n) is 2.43. The first-order chi connectivity index (χ1) is 8.66. The predicted octanol–water partition coefficient (Wildman–Crippen LogP) is 0.292. The van der Waals surface area contributed by atoms with Gasteiger partial charge in [0.2, 0.25) is 15.9 Å². The van der Waals surface area contributed by atoms with Gasteiger partial charge in [-0.15, -0.1) is 0 Å².